The van der Waals surface area contributed by atoms with Crippen molar-refractivity contribution in [1.29, 1.82) is 0 Å². The van der Waals surface area contributed by atoms with Gasteiger partial charge in [-0.05, 0) is 39.3 Å². The van der Waals surface area contributed by atoms with Crippen molar-refractivity contribution >= 4 is 17.6 Å². The molecule has 0 radical (unpaired) electrons. The molecule has 0 saturated carbocycles. The lowest BCUT2D eigenvalue weighted by atomic mass is 10.2. The Morgan fingerprint density at radius 2 is 2.00 bits per heavy atom. The van der Waals surface area contributed by atoms with Crippen LogP contribution in [-0.4, -0.2) is 35.6 Å². The van der Waals surface area contributed by atoms with Gasteiger partial charge in [0.15, 0.2) is 0 Å². The largest absolute Gasteiger partial charge is 0.476 e. The van der Waals surface area contributed by atoms with Gasteiger partial charge in [-0.1, -0.05) is 6.92 Å². The summed E-state index contributed by atoms with van der Waals surface area (Å²) >= 11 is 0. The van der Waals surface area contributed by atoms with Crippen molar-refractivity contribution in [1.82, 2.24) is 15.6 Å². The minimum absolute atomic E-state index is 0.0719. The molecule has 2 atom stereocenters. The van der Waals surface area contributed by atoms with Crippen LogP contribution in [0.4, 0.5) is 10.5 Å². The van der Waals surface area contributed by atoms with Crippen LogP contribution in [0.1, 0.15) is 34.1 Å². The maximum Gasteiger partial charge on any atom is 0.320 e. The van der Waals surface area contributed by atoms with E-state index in [2.05, 4.69) is 20.9 Å². The number of hydrogen-bond acceptors (Lipinski definition) is 4. The van der Waals surface area contributed by atoms with Crippen LogP contribution < -0.4 is 20.7 Å². The molecule has 7 heteroatoms. The second-order valence-corrected chi connectivity index (χ2v) is 4.93. The Hall–Kier alpha value is -2.31. The first-order chi connectivity index (χ1) is 10.5. The number of aromatic nitrogens is 1. The van der Waals surface area contributed by atoms with Crippen molar-refractivity contribution in [2.45, 2.75) is 46.2 Å². The Morgan fingerprint density at radius 3 is 2.64 bits per heavy atom. The van der Waals surface area contributed by atoms with E-state index in [4.69, 9.17) is 4.74 Å². The molecule has 0 fully saturated rings. The van der Waals surface area contributed by atoms with Gasteiger partial charge in [0.05, 0.1) is 6.61 Å². The highest BCUT2D eigenvalue weighted by molar-refractivity contribution is 5.94. The van der Waals surface area contributed by atoms with Crippen LogP contribution in [0.3, 0.4) is 0 Å². The van der Waals surface area contributed by atoms with Gasteiger partial charge in [-0.15, -0.1) is 0 Å². The quantitative estimate of drug-likeness (QED) is 0.717. The number of ether oxygens (including phenoxy) is 1. The van der Waals surface area contributed by atoms with Crippen LogP contribution in [0.5, 0.6) is 5.88 Å². The fourth-order valence-electron chi connectivity index (χ4n) is 1.63. The lowest BCUT2D eigenvalue weighted by molar-refractivity contribution is -0.123. The molecule has 22 heavy (non-hydrogen) atoms. The molecule has 1 rings (SSSR count). The summed E-state index contributed by atoms with van der Waals surface area (Å²) in [5.74, 6) is 0.123. The number of carbonyl (C=O) groups is 2. The van der Waals surface area contributed by atoms with Gasteiger partial charge in [-0.25, -0.2) is 9.78 Å². The number of rotatable bonds is 7. The molecular formula is C15H24N4O3. The highest BCUT2D eigenvalue weighted by Gasteiger charge is 2.17. The molecule has 7 nitrogen and oxygen atoms in total. The number of hydrogen-bond donors (Lipinski definition) is 3. The van der Waals surface area contributed by atoms with E-state index in [1.165, 1.54) is 0 Å². The molecule has 0 bridgehead atoms. The van der Waals surface area contributed by atoms with E-state index in [-0.39, 0.29) is 11.9 Å². The van der Waals surface area contributed by atoms with E-state index >= 15 is 0 Å². The highest BCUT2D eigenvalue weighted by Crippen LogP contribution is 2.20. The minimum atomic E-state index is -0.638. The standard InChI is InChI=1S/C15H24N4O3/c1-5-10(3)17-13(20)11(4)18-15(21)19-12-8-7-9-16-14(12)22-6-2/h7-11H,5-6H2,1-4H3,(H,17,20)(H2,18,19,21)/t10-,11-/m0/s1. The Bertz CT molecular complexity index is 507. The molecule has 1 aromatic heterocycles. The van der Waals surface area contributed by atoms with Gasteiger partial charge in [0.25, 0.3) is 0 Å². The summed E-state index contributed by atoms with van der Waals surface area (Å²) in [6.07, 6.45) is 2.41. The summed E-state index contributed by atoms with van der Waals surface area (Å²) in [4.78, 5) is 27.9. The normalized spacial score (nSPS) is 12.9. The highest BCUT2D eigenvalue weighted by atomic mass is 16.5. The molecule has 0 aliphatic carbocycles. The van der Waals surface area contributed by atoms with Crippen LogP contribution in [-0.2, 0) is 4.79 Å². The smallest absolute Gasteiger partial charge is 0.320 e. The molecule has 122 valence electrons. The van der Waals surface area contributed by atoms with Crippen molar-refractivity contribution in [2.75, 3.05) is 11.9 Å². The van der Waals surface area contributed by atoms with Gasteiger partial charge in [0.1, 0.15) is 11.7 Å². The summed E-state index contributed by atoms with van der Waals surface area (Å²) in [5, 5.41) is 8.02. The van der Waals surface area contributed by atoms with E-state index < -0.39 is 12.1 Å². The first-order valence-corrected chi connectivity index (χ1v) is 7.43. The molecule has 0 aliphatic heterocycles. The predicted octanol–water partition coefficient (Wildman–Crippen LogP) is 1.90. The SMILES string of the molecule is CCOc1ncccc1NC(=O)N[C@@H](C)C(=O)N[C@@H](C)CC. The minimum Gasteiger partial charge on any atom is -0.476 e. The molecule has 0 aromatic carbocycles. The van der Waals surface area contributed by atoms with E-state index in [1.54, 1.807) is 25.3 Å². The zero-order valence-electron chi connectivity index (χ0n) is 13.5. The van der Waals surface area contributed by atoms with E-state index in [1.807, 2.05) is 20.8 Å². The van der Waals surface area contributed by atoms with Gasteiger partial charge in [-0.3, -0.25) is 4.79 Å². The topological polar surface area (TPSA) is 92.3 Å². The van der Waals surface area contributed by atoms with Crippen LogP contribution >= 0.6 is 0 Å². The van der Waals surface area contributed by atoms with Crippen molar-refractivity contribution in [3.63, 3.8) is 0 Å². The third-order valence-electron chi connectivity index (χ3n) is 3.04. The lowest BCUT2D eigenvalue weighted by Gasteiger charge is -2.18. The van der Waals surface area contributed by atoms with E-state index in [0.717, 1.165) is 6.42 Å². The number of urea groups is 1. The third kappa shape index (κ3) is 5.59. The molecule has 0 unspecified atom stereocenters. The average Bonchev–Trinajstić information content (AvgIpc) is 2.49. The van der Waals surface area contributed by atoms with Crippen LogP contribution in [0, 0.1) is 0 Å². The number of nitrogens with zero attached hydrogens (tertiary/aromatic N) is 1. The van der Waals surface area contributed by atoms with Crippen LogP contribution in [0.25, 0.3) is 0 Å². The zero-order chi connectivity index (χ0) is 16.5. The summed E-state index contributed by atoms with van der Waals surface area (Å²) in [7, 11) is 0. The van der Waals surface area contributed by atoms with Gasteiger partial charge >= 0.3 is 6.03 Å². The molecule has 0 spiro atoms. The van der Waals surface area contributed by atoms with Gasteiger partial charge < -0.3 is 20.7 Å². The lowest BCUT2D eigenvalue weighted by Crippen LogP contribution is -2.48. The van der Waals surface area contributed by atoms with Crippen molar-refractivity contribution < 1.29 is 14.3 Å². The molecule has 3 N–H and O–H groups in total. The van der Waals surface area contributed by atoms with E-state index in [0.29, 0.717) is 18.2 Å². The van der Waals surface area contributed by atoms with Crippen molar-refractivity contribution in [3.8, 4) is 5.88 Å². The zero-order valence-corrected chi connectivity index (χ0v) is 13.5. The Kier molecular flexibility index (Phi) is 7.15. The predicted molar refractivity (Wildman–Crippen MR) is 84.9 cm³/mol. The van der Waals surface area contributed by atoms with Crippen LogP contribution in [0.2, 0.25) is 0 Å². The number of anilines is 1. The second kappa shape index (κ2) is 8.86. The van der Waals surface area contributed by atoms with Gasteiger partial charge in [-0.2, -0.15) is 0 Å². The van der Waals surface area contributed by atoms with Crippen LogP contribution in [0.15, 0.2) is 18.3 Å². The second-order valence-electron chi connectivity index (χ2n) is 4.93. The summed E-state index contributed by atoms with van der Waals surface area (Å²) in [6.45, 7) is 7.80. The number of amides is 3. The maximum atomic E-state index is 12.0. The molecular weight excluding hydrogens is 284 g/mol. The number of nitrogens with one attached hydrogen (secondary N) is 3. The van der Waals surface area contributed by atoms with Gasteiger partial charge in [0, 0.05) is 12.2 Å². The maximum absolute atomic E-state index is 12.0. The Labute approximate surface area is 130 Å². The summed E-state index contributed by atoms with van der Waals surface area (Å²) < 4.78 is 5.32. The first kappa shape index (κ1) is 17.7. The molecule has 0 saturated heterocycles. The summed E-state index contributed by atoms with van der Waals surface area (Å²) in [5.41, 5.74) is 0.455. The van der Waals surface area contributed by atoms with E-state index in [9.17, 15) is 9.59 Å². The first-order valence-electron chi connectivity index (χ1n) is 7.43. The Morgan fingerprint density at radius 1 is 1.27 bits per heavy atom. The Balaban J connectivity index is 2.57. The number of pyridine rings is 1. The fraction of sp³-hybridized carbons (Fsp3) is 0.533. The molecule has 1 heterocycles. The molecule has 1 aromatic rings. The van der Waals surface area contributed by atoms with Gasteiger partial charge in [0.2, 0.25) is 11.8 Å². The molecule has 0 aliphatic rings. The summed E-state index contributed by atoms with van der Waals surface area (Å²) in [6, 6.07) is 2.32. The van der Waals surface area contributed by atoms with Crippen molar-refractivity contribution in [2.24, 2.45) is 0 Å². The van der Waals surface area contributed by atoms with Crippen molar-refractivity contribution in [3.05, 3.63) is 18.3 Å². The number of carbonyl (C=O) groups excluding carboxylic acids is 2. The fourth-order valence-corrected chi connectivity index (χ4v) is 1.63. The monoisotopic (exact) mass is 308 g/mol. The average molecular weight is 308 g/mol. The third-order valence-corrected chi connectivity index (χ3v) is 3.04. The molecule has 3 amide bonds.